The third kappa shape index (κ3) is 2.96. The topological polar surface area (TPSA) is 20.2 Å². The molecule has 0 saturated carbocycles. The van der Waals surface area contributed by atoms with Crippen LogP contribution in [0.15, 0.2) is 72.8 Å². The van der Waals surface area contributed by atoms with Gasteiger partial charge >= 0.3 is 0 Å². The molecule has 0 bridgehead atoms. The Morgan fingerprint density at radius 2 is 1.38 bits per heavy atom. The van der Waals surface area contributed by atoms with Gasteiger partial charge in [-0.05, 0) is 11.6 Å². The molecule has 3 rings (SSSR count). The van der Waals surface area contributed by atoms with E-state index in [4.69, 9.17) is 0 Å². The van der Waals surface area contributed by atoms with Gasteiger partial charge in [-0.3, -0.25) is 0 Å². The summed E-state index contributed by atoms with van der Waals surface area (Å²) in [6, 6.07) is 22.0. The van der Waals surface area contributed by atoms with Crippen molar-refractivity contribution in [2.45, 2.75) is 0 Å². The third-order valence-electron chi connectivity index (χ3n) is 3.26. The smallest absolute Gasteiger partial charge is 0.131 e. The highest BCUT2D eigenvalue weighted by atomic mass is 31.1. The second kappa shape index (κ2) is 6.07. The van der Waals surface area contributed by atoms with E-state index in [1.165, 1.54) is 6.07 Å². The van der Waals surface area contributed by atoms with Crippen molar-refractivity contribution in [1.82, 2.24) is 0 Å². The van der Waals surface area contributed by atoms with Crippen LogP contribution in [0.3, 0.4) is 0 Å². The Bertz CT molecular complexity index is 756. The lowest BCUT2D eigenvalue weighted by molar-refractivity contribution is 0.482. The minimum Gasteiger partial charge on any atom is -0.507 e. The van der Waals surface area contributed by atoms with Crippen LogP contribution in [0, 0.1) is 5.82 Å². The summed E-state index contributed by atoms with van der Waals surface area (Å²) in [5.41, 5.74) is 1.73. The molecular weight excluding hydrogens is 282 g/mol. The first-order chi connectivity index (χ1) is 10.3. The lowest BCUT2D eigenvalue weighted by Crippen LogP contribution is -2.08. The van der Waals surface area contributed by atoms with Crippen molar-refractivity contribution in [3.8, 4) is 16.9 Å². The van der Waals surface area contributed by atoms with Crippen LogP contribution in [0.5, 0.6) is 5.75 Å². The van der Waals surface area contributed by atoms with Crippen LogP contribution < -0.4 is 10.6 Å². The van der Waals surface area contributed by atoms with Crippen molar-refractivity contribution in [2.75, 3.05) is 0 Å². The Hall–Kier alpha value is -2.18. The molecule has 0 amide bonds. The van der Waals surface area contributed by atoms with Crippen molar-refractivity contribution in [3.05, 3.63) is 78.6 Å². The fraction of sp³-hybridized carbons (Fsp3) is 0. The number of para-hydroxylation sites is 1. The first-order valence-corrected chi connectivity index (χ1v) is 7.64. The maximum absolute atomic E-state index is 13.8. The largest absolute Gasteiger partial charge is 0.507 e. The number of hydrogen-bond donors (Lipinski definition) is 1. The van der Waals surface area contributed by atoms with Gasteiger partial charge in [-0.15, -0.1) is 0 Å². The van der Waals surface area contributed by atoms with Crippen LogP contribution >= 0.6 is 8.58 Å². The van der Waals surface area contributed by atoms with E-state index < -0.39 is 0 Å². The summed E-state index contributed by atoms with van der Waals surface area (Å²) in [5, 5.41) is 11.8. The minimum atomic E-state index is -0.236. The minimum absolute atomic E-state index is 0.0907. The van der Waals surface area contributed by atoms with Crippen molar-refractivity contribution in [1.29, 1.82) is 0 Å². The van der Waals surface area contributed by atoms with Gasteiger partial charge in [0.05, 0.1) is 0 Å². The molecule has 0 saturated heterocycles. The predicted molar refractivity (Wildman–Crippen MR) is 87.5 cm³/mol. The molecule has 0 heterocycles. The van der Waals surface area contributed by atoms with E-state index in [2.05, 4.69) is 0 Å². The second-order valence-corrected chi connectivity index (χ2v) is 6.00. The maximum atomic E-state index is 13.8. The number of aromatic hydroxyl groups is 1. The van der Waals surface area contributed by atoms with Gasteiger partial charge in [0.15, 0.2) is 0 Å². The zero-order chi connectivity index (χ0) is 14.7. The Balaban J connectivity index is 2.00. The summed E-state index contributed by atoms with van der Waals surface area (Å²) >= 11 is 0. The first kappa shape index (κ1) is 13.8. The molecule has 0 radical (unpaired) electrons. The normalized spacial score (nSPS) is 11.1. The van der Waals surface area contributed by atoms with E-state index in [9.17, 15) is 9.50 Å². The molecule has 1 nitrogen and oxygen atoms in total. The number of hydrogen-bond acceptors (Lipinski definition) is 1. The van der Waals surface area contributed by atoms with Crippen LogP contribution in [-0.4, -0.2) is 5.11 Å². The van der Waals surface area contributed by atoms with Gasteiger partial charge in [-0.2, -0.15) is 0 Å². The summed E-state index contributed by atoms with van der Waals surface area (Å²) in [5.74, 6) is -0.00867. The molecule has 0 spiro atoms. The standard InChI is InChI=1S/C18H14FOP/c19-15-10-4-5-11-16(15)21-17-12-6-9-14(18(17)20)13-7-2-1-3-8-13/h1-12,20-21H. The fourth-order valence-electron chi connectivity index (χ4n) is 2.20. The van der Waals surface area contributed by atoms with Crippen molar-refractivity contribution >= 4 is 19.2 Å². The van der Waals surface area contributed by atoms with Crippen molar-refractivity contribution in [3.63, 3.8) is 0 Å². The molecule has 0 aliphatic heterocycles. The van der Waals surface area contributed by atoms with Gasteiger partial charge in [-0.1, -0.05) is 75.3 Å². The molecular formula is C18H14FOP. The molecule has 0 aliphatic rings. The van der Waals surface area contributed by atoms with Gasteiger partial charge in [0.1, 0.15) is 11.6 Å². The third-order valence-corrected chi connectivity index (χ3v) is 4.61. The number of benzene rings is 3. The molecule has 0 aromatic heterocycles. The molecule has 3 heteroatoms. The molecule has 1 unspecified atom stereocenters. The summed E-state index contributed by atoms with van der Waals surface area (Å²) in [6.45, 7) is 0. The van der Waals surface area contributed by atoms with Gasteiger partial charge in [0.2, 0.25) is 0 Å². The Morgan fingerprint density at radius 1 is 0.714 bits per heavy atom. The summed E-state index contributed by atoms with van der Waals surface area (Å²) < 4.78 is 13.8. The summed E-state index contributed by atoms with van der Waals surface area (Å²) in [6.07, 6.45) is 0. The van der Waals surface area contributed by atoms with Gasteiger partial charge < -0.3 is 5.11 Å². The highest BCUT2D eigenvalue weighted by Gasteiger charge is 2.11. The van der Waals surface area contributed by atoms with Crippen LogP contribution in [0.25, 0.3) is 11.1 Å². The highest BCUT2D eigenvalue weighted by molar-refractivity contribution is 7.55. The second-order valence-electron chi connectivity index (χ2n) is 4.67. The average Bonchev–Trinajstić information content (AvgIpc) is 2.52. The van der Waals surface area contributed by atoms with Crippen molar-refractivity contribution in [2.24, 2.45) is 0 Å². The monoisotopic (exact) mass is 296 g/mol. The molecule has 0 fully saturated rings. The lowest BCUT2D eigenvalue weighted by atomic mass is 10.1. The number of phenolic OH excluding ortho intramolecular Hbond substituents is 1. The number of rotatable bonds is 3. The molecule has 3 aromatic rings. The van der Waals surface area contributed by atoms with Gasteiger partial charge in [0.25, 0.3) is 0 Å². The predicted octanol–water partition coefficient (Wildman–Crippen LogP) is 3.83. The highest BCUT2D eigenvalue weighted by Crippen LogP contribution is 2.30. The molecule has 0 aliphatic carbocycles. The van der Waals surface area contributed by atoms with Gasteiger partial charge in [-0.25, -0.2) is 4.39 Å². The quantitative estimate of drug-likeness (QED) is 0.728. The SMILES string of the molecule is Oc1c(Pc2ccccc2F)cccc1-c1ccccc1. The number of halogens is 1. The molecule has 21 heavy (non-hydrogen) atoms. The average molecular weight is 296 g/mol. The first-order valence-electron chi connectivity index (χ1n) is 6.64. The zero-order valence-corrected chi connectivity index (χ0v) is 12.3. The Kier molecular flexibility index (Phi) is 3.98. The number of phenols is 1. The van der Waals surface area contributed by atoms with Crippen LogP contribution in [0.2, 0.25) is 0 Å². The Labute approximate surface area is 124 Å². The van der Waals surface area contributed by atoms with E-state index in [-0.39, 0.29) is 20.1 Å². The van der Waals surface area contributed by atoms with Crippen LogP contribution in [-0.2, 0) is 0 Å². The Morgan fingerprint density at radius 3 is 2.14 bits per heavy atom. The fourth-order valence-corrected chi connectivity index (χ4v) is 3.31. The van der Waals surface area contributed by atoms with E-state index >= 15 is 0 Å². The van der Waals surface area contributed by atoms with Crippen LogP contribution in [0.1, 0.15) is 0 Å². The van der Waals surface area contributed by atoms with E-state index in [1.54, 1.807) is 12.1 Å². The van der Waals surface area contributed by atoms with Crippen LogP contribution in [0.4, 0.5) is 4.39 Å². The molecule has 1 N–H and O–H groups in total. The van der Waals surface area contributed by atoms with Gasteiger partial charge in [0, 0.05) is 16.2 Å². The van der Waals surface area contributed by atoms with E-state index in [0.29, 0.717) is 5.30 Å². The van der Waals surface area contributed by atoms with Crippen molar-refractivity contribution < 1.29 is 9.50 Å². The molecule has 104 valence electrons. The van der Waals surface area contributed by atoms with E-state index in [0.717, 1.165) is 16.4 Å². The maximum Gasteiger partial charge on any atom is 0.131 e. The molecule has 3 aromatic carbocycles. The summed E-state index contributed by atoms with van der Waals surface area (Å²) in [7, 11) is 0.0907. The summed E-state index contributed by atoms with van der Waals surface area (Å²) in [4.78, 5) is 0. The lowest BCUT2D eigenvalue weighted by Gasteiger charge is -2.10. The zero-order valence-electron chi connectivity index (χ0n) is 11.3. The molecule has 1 atom stereocenters. The van der Waals surface area contributed by atoms with E-state index in [1.807, 2.05) is 54.6 Å².